The standard InChI is InChI=1S/C23H37N3O2S/c1-22(2,3)18-16-29-21(24-18)17-8-12-25(13-9-17)10-6-7-11-26-19(27)14-23(4,5)15-20(26)28/h16-17H,6-15H2,1-5H3. The molecule has 0 aromatic carbocycles. The molecule has 0 bridgehead atoms. The Balaban J connectivity index is 1.37. The van der Waals surface area contributed by atoms with Gasteiger partial charge in [-0.05, 0) is 50.7 Å². The number of likely N-dealkylation sites (tertiary alicyclic amines) is 2. The Labute approximate surface area is 179 Å². The van der Waals surface area contributed by atoms with Crippen LogP contribution in [0.4, 0.5) is 0 Å². The van der Waals surface area contributed by atoms with Gasteiger partial charge >= 0.3 is 0 Å². The van der Waals surface area contributed by atoms with E-state index in [1.807, 2.05) is 25.2 Å². The minimum absolute atomic E-state index is 0.00476. The van der Waals surface area contributed by atoms with Crippen LogP contribution >= 0.6 is 11.3 Å². The summed E-state index contributed by atoms with van der Waals surface area (Å²) in [6.07, 6.45) is 5.26. The molecule has 0 N–H and O–H groups in total. The summed E-state index contributed by atoms with van der Waals surface area (Å²) in [6, 6.07) is 0. The van der Waals surface area contributed by atoms with E-state index in [0.29, 0.717) is 25.3 Å². The fourth-order valence-corrected chi connectivity index (χ4v) is 5.51. The lowest BCUT2D eigenvalue weighted by Crippen LogP contribution is -2.46. The van der Waals surface area contributed by atoms with Crippen LogP contribution in [-0.2, 0) is 15.0 Å². The lowest BCUT2D eigenvalue weighted by Gasteiger charge is -2.35. The zero-order chi connectivity index (χ0) is 21.2. The number of thiazole rings is 1. The Kier molecular flexibility index (Phi) is 6.84. The van der Waals surface area contributed by atoms with Crippen molar-refractivity contribution in [3.8, 4) is 0 Å². The third-order valence-corrected chi connectivity index (χ3v) is 7.20. The molecule has 0 saturated carbocycles. The van der Waals surface area contributed by atoms with Crippen LogP contribution in [0.2, 0.25) is 0 Å². The second-order valence-electron chi connectivity index (χ2n) is 10.6. The van der Waals surface area contributed by atoms with Crippen molar-refractivity contribution in [3.63, 3.8) is 0 Å². The SMILES string of the molecule is CC1(C)CC(=O)N(CCCCN2CCC(c3nc(C(C)(C)C)cs3)CC2)C(=O)C1. The van der Waals surface area contributed by atoms with Crippen molar-refractivity contribution >= 4 is 23.2 Å². The van der Waals surface area contributed by atoms with Crippen LogP contribution in [-0.4, -0.2) is 52.8 Å². The summed E-state index contributed by atoms with van der Waals surface area (Å²) in [7, 11) is 0. The van der Waals surface area contributed by atoms with Gasteiger partial charge in [0.15, 0.2) is 0 Å². The van der Waals surface area contributed by atoms with Crippen LogP contribution in [0.5, 0.6) is 0 Å². The van der Waals surface area contributed by atoms with Crippen LogP contribution in [0.15, 0.2) is 5.38 Å². The van der Waals surface area contributed by atoms with Crippen molar-refractivity contribution in [1.29, 1.82) is 0 Å². The van der Waals surface area contributed by atoms with E-state index in [1.54, 1.807) is 0 Å². The van der Waals surface area contributed by atoms with Crippen LogP contribution in [0.1, 0.15) is 89.8 Å². The quantitative estimate of drug-likeness (QED) is 0.500. The van der Waals surface area contributed by atoms with Gasteiger partial charge in [-0.25, -0.2) is 4.98 Å². The number of piperidine rings is 2. The Morgan fingerprint density at radius 1 is 1.07 bits per heavy atom. The fraction of sp³-hybridized carbons (Fsp3) is 0.783. The molecule has 29 heavy (non-hydrogen) atoms. The molecule has 162 valence electrons. The molecule has 1 aromatic rings. The van der Waals surface area contributed by atoms with E-state index in [-0.39, 0.29) is 22.6 Å². The molecule has 2 aliphatic rings. The van der Waals surface area contributed by atoms with E-state index in [2.05, 4.69) is 31.1 Å². The average molecular weight is 420 g/mol. The Morgan fingerprint density at radius 3 is 2.21 bits per heavy atom. The monoisotopic (exact) mass is 419 g/mol. The molecule has 2 aliphatic heterocycles. The second-order valence-corrected chi connectivity index (χ2v) is 11.5. The highest BCUT2D eigenvalue weighted by molar-refractivity contribution is 7.09. The molecule has 2 saturated heterocycles. The summed E-state index contributed by atoms with van der Waals surface area (Å²) >= 11 is 1.82. The van der Waals surface area contributed by atoms with Gasteiger partial charge in [0, 0.05) is 36.1 Å². The van der Waals surface area contributed by atoms with E-state index in [1.165, 1.54) is 28.4 Å². The molecule has 5 nitrogen and oxygen atoms in total. The number of carbonyl (C=O) groups is 2. The third-order valence-electron chi connectivity index (χ3n) is 6.19. The molecule has 0 aliphatic carbocycles. The topological polar surface area (TPSA) is 53.5 Å². The molecule has 0 radical (unpaired) electrons. The molecule has 2 amide bonds. The molecular formula is C23H37N3O2S. The van der Waals surface area contributed by atoms with E-state index in [9.17, 15) is 9.59 Å². The zero-order valence-electron chi connectivity index (χ0n) is 18.8. The van der Waals surface area contributed by atoms with Crippen molar-refractivity contribution < 1.29 is 9.59 Å². The predicted molar refractivity (Wildman–Crippen MR) is 118 cm³/mol. The molecular weight excluding hydrogens is 382 g/mol. The number of unbranched alkanes of at least 4 members (excludes halogenated alkanes) is 1. The maximum atomic E-state index is 12.2. The van der Waals surface area contributed by atoms with Gasteiger partial charge in [0.05, 0.1) is 10.7 Å². The zero-order valence-corrected chi connectivity index (χ0v) is 19.6. The van der Waals surface area contributed by atoms with Gasteiger partial charge in [0.1, 0.15) is 0 Å². The maximum absolute atomic E-state index is 12.2. The van der Waals surface area contributed by atoms with Crippen molar-refractivity contribution in [2.45, 2.75) is 84.5 Å². The lowest BCUT2D eigenvalue weighted by atomic mass is 9.82. The molecule has 2 fully saturated rings. The van der Waals surface area contributed by atoms with Gasteiger partial charge in [-0.3, -0.25) is 14.5 Å². The smallest absolute Gasteiger partial charge is 0.229 e. The first-order valence-electron chi connectivity index (χ1n) is 11.1. The first-order valence-corrected chi connectivity index (χ1v) is 11.9. The van der Waals surface area contributed by atoms with E-state index in [0.717, 1.165) is 32.5 Å². The first kappa shape index (κ1) is 22.4. The minimum Gasteiger partial charge on any atom is -0.303 e. The van der Waals surface area contributed by atoms with Crippen LogP contribution in [0.3, 0.4) is 0 Å². The van der Waals surface area contributed by atoms with Gasteiger partial charge < -0.3 is 4.90 Å². The molecule has 0 atom stereocenters. The van der Waals surface area contributed by atoms with Gasteiger partial charge in [0.2, 0.25) is 11.8 Å². The largest absolute Gasteiger partial charge is 0.303 e. The van der Waals surface area contributed by atoms with Crippen molar-refractivity contribution in [1.82, 2.24) is 14.8 Å². The second kappa shape index (κ2) is 8.84. The number of amides is 2. The highest BCUT2D eigenvalue weighted by Gasteiger charge is 2.36. The van der Waals surface area contributed by atoms with Gasteiger partial charge in [-0.1, -0.05) is 34.6 Å². The number of imide groups is 1. The van der Waals surface area contributed by atoms with Crippen LogP contribution in [0.25, 0.3) is 0 Å². The predicted octanol–water partition coefficient (Wildman–Crippen LogP) is 4.58. The molecule has 3 rings (SSSR count). The van der Waals surface area contributed by atoms with E-state index >= 15 is 0 Å². The number of aromatic nitrogens is 1. The van der Waals surface area contributed by atoms with E-state index < -0.39 is 0 Å². The van der Waals surface area contributed by atoms with Gasteiger partial charge in [-0.2, -0.15) is 0 Å². The summed E-state index contributed by atoms with van der Waals surface area (Å²) in [5, 5.41) is 3.53. The number of carbonyl (C=O) groups excluding carboxylic acids is 2. The molecule has 0 unspecified atom stereocenters. The molecule has 6 heteroatoms. The minimum atomic E-state index is -0.180. The van der Waals surface area contributed by atoms with Crippen LogP contribution in [0, 0.1) is 5.41 Å². The summed E-state index contributed by atoms with van der Waals surface area (Å²) < 4.78 is 0. The summed E-state index contributed by atoms with van der Waals surface area (Å²) in [4.78, 5) is 33.4. The molecule has 0 spiro atoms. The lowest BCUT2D eigenvalue weighted by molar-refractivity contribution is -0.152. The number of hydrogen-bond donors (Lipinski definition) is 0. The molecule has 1 aromatic heterocycles. The van der Waals surface area contributed by atoms with E-state index in [4.69, 9.17) is 4.98 Å². The van der Waals surface area contributed by atoms with Crippen molar-refractivity contribution in [2.75, 3.05) is 26.2 Å². The summed E-state index contributed by atoms with van der Waals surface area (Å²) in [6.45, 7) is 14.5. The van der Waals surface area contributed by atoms with Gasteiger partial charge in [-0.15, -0.1) is 11.3 Å². The highest BCUT2D eigenvalue weighted by atomic mass is 32.1. The van der Waals surface area contributed by atoms with Crippen molar-refractivity contribution in [2.24, 2.45) is 5.41 Å². The first-order chi connectivity index (χ1) is 13.5. The summed E-state index contributed by atoms with van der Waals surface area (Å²) in [5.74, 6) is 0.606. The maximum Gasteiger partial charge on any atom is 0.229 e. The fourth-order valence-electron chi connectivity index (χ4n) is 4.29. The average Bonchev–Trinajstić information content (AvgIpc) is 3.10. The number of hydrogen-bond acceptors (Lipinski definition) is 5. The summed E-state index contributed by atoms with van der Waals surface area (Å²) in [5.41, 5.74) is 1.16. The Bertz CT molecular complexity index is 707. The van der Waals surface area contributed by atoms with Crippen molar-refractivity contribution in [3.05, 3.63) is 16.1 Å². The highest BCUT2D eigenvalue weighted by Crippen LogP contribution is 2.34. The number of rotatable bonds is 6. The van der Waals surface area contributed by atoms with Crippen LogP contribution < -0.4 is 0 Å². The molecule has 3 heterocycles. The van der Waals surface area contributed by atoms with Gasteiger partial charge in [0.25, 0.3) is 0 Å². The Hall–Kier alpha value is -1.27. The third kappa shape index (κ3) is 5.88. The Morgan fingerprint density at radius 2 is 1.66 bits per heavy atom. The normalized spacial score (nSPS) is 21.8. The number of nitrogens with zero attached hydrogens (tertiary/aromatic N) is 3.